The smallest absolute Gasteiger partial charge is 0.157 e. The Kier molecular flexibility index (Phi) is 5.16. The molecule has 1 unspecified atom stereocenters. The van der Waals surface area contributed by atoms with E-state index >= 15 is 0 Å². The van der Waals surface area contributed by atoms with Gasteiger partial charge in [-0.2, -0.15) is 0 Å². The maximum absolute atomic E-state index is 4.42. The Hall–Kier alpha value is -0.670. The van der Waals surface area contributed by atoms with E-state index in [1.165, 1.54) is 11.1 Å². The van der Waals surface area contributed by atoms with E-state index in [9.17, 15) is 0 Å². The molecule has 0 fully saturated rings. The maximum Gasteiger partial charge on any atom is 0.157 e. The Bertz CT molecular complexity index is 362. The number of nitrogens with one attached hydrogen (secondary N) is 1. The summed E-state index contributed by atoms with van der Waals surface area (Å²) in [6.45, 7) is 5.18. The van der Waals surface area contributed by atoms with Crippen molar-refractivity contribution in [3.8, 4) is 0 Å². The first-order valence-electron chi connectivity index (χ1n) is 5.23. The van der Waals surface area contributed by atoms with Crippen LogP contribution in [0.3, 0.4) is 0 Å². The third kappa shape index (κ3) is 3.72. The molecule has 1 aromatic carbocycles. The van der Waals surface area contributed by atoms with Crippen molar-refractivity contribution in [3.05, 3.63) is 35.4 Å². The molecule has 0 saturated heterocycles. The highest BCUT2D eigenvalue weighted by Crippen LogP contribution is 2.16. The fourth-order valence-electron chi connectivity index (χ4n) is 1.45. The van der Waals surface area contributed by atoms with Gasteiger partial charge in [0, 0.05) is 11.8 Å². The van der Waals surface area contributed by atoms with E-state index in [0.29, 0.717) is 6.04 Å². The van der Waals surface area contributed by atoms with Gasteiger partial charge < -0.3 is 5.32 Å². The summed E-state index contributed by atoms with van der Waals surface area (Å²) < 4.78 is 0. The third-order valence-corrected chi connectivity index (χ3v) is 3.37. The van der Waals surface area contributed by atoms with Crippen LogP contribution in [0.5, 0.6) is 0 Å². The number of hydrogen-bond acceptors (Lipinski definition) is 3. The Balaban J connectivity index is 0.00000128. The molecule has 1 aliphatic rings. The van der Waals surface area contributed by atoms with Crippen LogP contribution in [0.4, 0.5) is 0 Å². The first kappa shape index (κ1) is 13.4. The van der Waals surface area contributed by atoms with Gasteiger partial charge in [0.15, 0.2) is 5.17 Å². The summed E-state index contributed by atoms with van der Waals surface area (Å²) in [6.07, 6.45) is 0. The molecule has 0 bridgehead atoms. The van der Waals surface area contributed by atoms with Gasteiger partial charge in [-0.25, -0.2) is 0 Å². The Morgan fingerprint density at radius 2 is 2.06 bits per heavy atom. The number of thioether (sulfide) groups is 1. The van der Waals surface area contributed by atoms with Gasteiger partial charge in [0.25, 0.3) is 0 Å². The van der Waals surface area contributed by atoms with Crippen molar-refractivity contribution in [3.63, 3.8) is 0 Å². The number of hydrogen-bond donors (Lipinski definition) is 1. The second-order valence-corrected chi connectivity index (χ2v) is 4.93. The normalized spacial score (nSPS) is 18.6. The second-order valence-electron chi connectivity index (χ2n) is 3.97. The minimum absolute atomic E-state index is 0. The summed E-state index contributed by atoms with van der Waals surface area (Å²) in [5, 5.41) is 4.43. The molecular formula is C12H17ClN2S. The highest BCUT2D eigenvalue weighted by molar-refractivity contribution is 8.13. The van der Waals surface area contributed by atoms with Crippen molar-refractivity contribution >= 4 is 29.3 Å². The van der Waals surface area contributed by atoms with Crippen LogP contribution in [0.2, 0.25) is 0 Å². The van der Waals surface area contributed by atoms with Crippen LogP contribution >= 0.6 is 24.2 Å². The topological polar surface area (TPSA) is 24.4 Å². The summed E-state index contributed by atoms with van der Waals surface area (Å²) in [6, 6.07) is 9.18. The first-order chi connectivity index (χ1) is 7.24. The molecule has 1 aromatic rings. The number of benzene rings is 1. The van der Waals surface area contributed by atoms with Gasteiger partial charge in [0.05, 0.1) is 6.54 Å². The number of amidine groups is 1. The third-order valence-electron chi connectivity index (χ3n) is 2.37. The summed E-state index contributed by atoms with van der Waals surface area (Å²) >= 11 is 1.79. The van der Waals surface area contributed by atoms with E-state index in [1.807, 2.05) is 0 Å². The van der Waals surface area contributed by atoms with E-state index in [1.54, 1.807) is 11.8 Å². The molecule has 0 amide bonds. The lowest BCUT2D eigenvalue weighted by Gasteiger charge is -2.05. The molecule has 16 heavy (non-hydrogen) atoms. The number of nitrogens with zero attached hydrogens (tertiary/aromatic N) is 1. The van der Waals surface area contributed by atoms with Gasteiger partial charge in [-0.15, -0.1) is 12.4 Å². The number of rotatable bonds is 2. The zero-order valence-electron chi connectivity index (χ0n) is 9.56. The molecule has 1 aliphatic heterocycles. The molecule has 1 atom stereocenters. The molecule has 0 aromatic heterocycles. The fraction of sp³-hybridized carbons (Fsp3) is 0.417. The molecular weight excluding hydrogens is 240 g/mol. The highest BCUT2D eigenvalue weighted by Gasteiger charge is 2.12. The van der Waals surface area contributed by atoms with Crippen molar-refractivity contribution < 1.29 is 0 Å². The van der Waals surface area contributed by atoms with Crippen molar-refractivity contribution in [2.24, 2.45) is 4.99 Å². The van der Waals surface area contributed by atoms with Crippen molar-refractivity contribution in [1.29, 1.82) is 0 Å². The summed E-state index contributed by atoms with van der Waals surface area (Å²) in [5.41, 5.74) is 2.67. The van der Waals surface area contributed by atoms with Gasteiger partial charge in [-0.05, 0) is 19.4 Å². The molecule has 88 valence electrons. The van der Waals surface area contributed by atoms with E-state index in [-0.39, 0.29) is 12.4 Å². The predicted molar refractivity (Wildman–Crippen MR) is 74.6 cm³/mol. The molecule has 0 saturated carbocycles. The number of halogens is 1. The van der Waals surface area contributed by atoms with Crippen LogP contribution < -0.4 is 5.32 Å². The van der Waals surface area contributed by atoms with Crippen LogP contribution in [0.1, 0.15) is 18.1 Å². The monoisotopic (exact) mass is 256 g/mol. The van der Waals surface area contributed by atoms with Gasteiger partial charge in [0.2, 0.25) is 0 Å². The average Bonchev–Trinajstić information content (AvgIpc) is 2.64. The van der Waals surface area contributed by atoms with Crippen LogP contribution in [-0.4, -0.2) is 17.8 Å². The Morgan fingerprint density at radius 3 is 2.62 bits per heavy atom. The van der Waals surface area contributed by atoms with Crippen LogP contribution in [0.25, 0.3) is 0 Å². The van der Waals surface area contributed by atoms with Crippen molar-refractivity contribution in [2.75, 3.05) is 6.54 Å². The molecule has 0 aliphatic carbocycles. The molecule has 4 heteroatoms. The van der Waals surface area contributed by atoms with E-state index in [4.69, 9.17) is 0 Å². The lowest BCUT2D eigenvalue weighted by Crippen LogP contribution is -2.25. The Labute approximate surface area is 107 Å². The molecule has 0 radical (unpaired) electrons. The zero-order valence-corrected chi connectivity index (χ0v) is 11.2. The van der Waals surface area contributed by atoms with Gasteiger partial charge >= 0.3 is 0 Å². The standard InChI is InChI=1S/C12H16N2S.ClH/c1-9-3-5-11(6-4-9)8-15-12-13-7-10(2)14-12;/h3-6,10H,7-8H2,1-2H3,(H,13,14);1H. The fourth-order valence-corrected chi connectivity index (χ4v) is 2.39. The minimum atomic E-state index is 0. The van der Waals surface area contributed by atoms with E-state index in [2.05, 4.69) is 48.4 Å². The van der Waals surface area contributed by atoms with Crippen molar-refractivity contribution in [1.82, 2.24) is 5.32 Å². The zero-order chi connectivity index (χ0) is 10.7. The molecule has 1 N–H and O–H groups in total. The second kappa shape index (κ2) is 6.16. The lowest BCUT2D eigenvalue weighted by molar-refractivity contribution is 0.728. The Morgan fingerprint density at radius 1 is 1.38 bits per heavy atom. The highest BCUT2D eigenvalue weighted by atomic mass is 35.5. The van der Waals surface area contributed by atoms with Crippen LogP contribution in [-0.2, 0) is 5.75 Å². The summed E-state index contributed by atoms with van der Waals surface area (Å²) in [4.78, 5) is 4.42. The van der Waals surface area contributed by atoms with Gasteiger partial charge in [-0.1, -0.05) is 41.6 Å². The predicted octanol–water partition coefficient (Wildman–Crippen LogP) is 3.00. The van der Waals surface area contributed by atoms with Crippen molar-refractivity contribution in [2.45, 2.75) is 25.6 Å². The summed E-state index contributed by atoms with van der Waals surface area (Å²) in [7, 11) is 0. The molecule has 0 spiro atoms. The lowest BCUT2D eigenvalue weighted by atomic mass is 10.2. The van der Waals surface area contributed by atoms with Gasteiger partial charge in [0.1, 0.15) is 0 Å². The van der Waals surface area contributed by atoms with E-state index in [0.717, 1.165) is 17.5 Å². The average molecular weight is 257 g/mol. The van der Waals surface area contributed by atoms with Crippen LogP contribution in [0.15, 0.2) is 29.3 Å². The number of aryl methyl sites for hydroxylation is 1. The SMILES string of the molecule is Cc1ccc(CSC2=NCC(C)N2)cc1.Cl. The maximum atomic E-state index is 4.42. The van der Waals surface area contributed by atoms with E-state index < -0.39 is 0 Å². The largest absolute Gasteiger partial charge is 0.361 e. The number of aliphatic imine (C=N–C) groups is 1. The van der Waals surface area contributed by atoms with Gasteiger partial charge in [-0.3, -0.25) is 4.99 Å². The summed E-state index contributed by atoms with van der Waals surface area (Å²) in [5.74, 6) is 0.999. The first-order valence-corrected chi connectivity index (χ1v) is 6.22. The molecule has 2 rings (SSSR count). The minimum Gasteiger partial charge on any atom is -0.361 e. The molecule has 1 heterocycles. The molecule has 2 nitrogen and oxygen atoms in total. The quantitative estimate of drug-likeness (QED) is 0.880. The van der Waals surface area contributed by atoms with Crippen LogP contribution in [0, 0.1) is 6.92 Å².